The second-order valence-electron chi connectivity index (χ2n) is 10.2. The Labute approximate surface area is 238 Å². The van der Waals surface area contributed by atoms with Gasteiger partial charge in [-0.3, -0.25) is 14.5 Å². The molecule has 2 aliphatic heterocycles. The van der Waals surface area contributed by atoms with E-state index >= 15 is 0 Å². The fourth-order valence-corrected chi connectivity index (χ4v) is 5.52. The molecule has 9 heteroatoms. The van der Waals surface area contributed by atoms with Crippen LogP contribution < -0.4 is 23.8 Å². The lowest BCUT2D eigenvalue weighted by Gasteiger charge is -2.40. The van der Waals surface area contributed by atoms with Crippen molar-refractivity contribution in [1.82, 2.24) is 9.47 Å². The molecule has 0 aliphatic carbocycles. The minimum Gasteiger partial charge on any atom is -0.497 e. The minimum absolute atomic E-state index is 0.116. The molecular formula is C32H31N3O6. The SMILES string of the molecule is COc1ccc(OC)c(C2c3cccn3-c3ccccc3N2C(=O)CN(C(=O)c2ccc3c(c2)OCO3)C(C)C)c1. The third-order valence-corrected chi connectivity index (χ3v) is 7.53. The van der Waals surface area contributed by atoms with Crippen LogP contribution in [0.1, 0.15) is 41.5 Å². The molecule has 9 nitrogen and oxygen atoms in total. The summed E-state index contributed by atoms with van der Waals surface area (Å²) in [4.78, 5) is 31.6. The summed E-state index contributed by atoms with van der Waals surface area (Å²) in [5, 5.41) is 0. The number of ether oxygens (including phenoxy) is 4. The van der Waals surface area contributed by atoms with Gasteiger partial charge in [-0.1, -0.05) is 12.1 Å². The second-order valence-corrected chi connectivity index (χ2v) is 10.2. The first-order chi connectivity index (χ1) is 19.9. The molecule has 41 heavy (non-hydrogen) atoms. The van der Waals surface area contributed by atoms with E-state index in [-0.39, 0.29) is 31.2 Å². The number of fused-ring (bicyclic) bond motifs is 4. The summed E-state index contributed by atoms with van der Waals surface area (Å²) in [6.45, 7) is 3.78. The summed E-state index contributed by atoms with van der Waals surface area (Å²) >= 11 is 0. The molecule has 0 spiro atoms. The van der Waals surface area contributed by atoms with E-state index in [1.807, 2.05) is 74.6 Å². The third kappa shape index (κ3) is 4.53. The number of anilines is 1. The zero-order valence-electron chi connectivity index (χ0n) is 23.4. The molecule has 0 N–H and O–H groups in total. The smallest absolute Gasteiger partial charge is 0.254 e. The molecule has 0 saturated heterocycles. The number of amides is 2. The lowest BCUT2D eigenvalue weighted by molar-refractivity contribution is -0.120. The molecule has 210 valence electrons. The van der Waals surface area contributed by atoms with Crippen LogP contribution >= 0.6 is 0 Å². The van der Waals surface area contributed by atoms with Gasteiger partial charge in [0.1, 0.15) is 24.1 Å². The highest BCUT2D eigenvalue weighted by Gasteiger charge is 2.39. The number of aromatic nitrogens is 1. The normalized spacial score (nSPS) is 14.9. The Morgan fingerprint density at radius 3 is 2.46 bits per heavy atom. The molecule has 3 aromatic carbocycles. The van der Waals surface area contributed by atoms with Gasteiger partial charge in [-0.05, 0) is 74.5 Å². The summed E-state index contributed by atoms with van der Waals surface area (Å²) in [6.07, 6.45) is 1.99. The molecule has 3 heterocycles. The summed E-state index contributed by atoms with van der Waals surface area (Å²) in [5.41, 5.74) is 3.69. The van der Waals surface area contributed by atoms with Crippen LogP contribution in [0.5, 0.6) is 23.0 Å². The fourth-order valence-electron chi connectivity index (χ4n) is 5.52. The van der Waals surface area contributed by atoms with Gasteiger partial charge in [0.05, 0.1) is 31.3 Å². The zero-order valence-corrected chi connectivity index (χ0v) is 23.4. The molecule has 2 aliphatic rings. The number of para-hydroxylation sites is 2. The van der Waals surface area contributed by atoms with E-state index in [1.165, 1.54) is 0 Å². The molecule has 0 radical (unpaired) electrons. The van der Waals surface area contributed by atoms with Crippen molar-refractivity contribution < 1.29 is 28.5 Å². The van der Waals surface area contributed by atoms with Gasteiger partial charge in [0.15, 0.2) is 11.5 Å². The maximum absolute atomic E-state index is 14.5. The van der Waals surface area contributed by atoms with E-state index in [0.29, 0.717) is 28.6 Å². The van der Waals surface area contributed by atoms with Crippen LogP contribution in [0.2, 0.25) is 0 Å². The van der Waals surface area contributed by atoms with Crippen molar-refractivity contribution >= 4 is 17.5 Å². The maximum atomic E-state index is 14.5. The van der Waals surface area contributed by atoms with Crippen LogP contribution in [0.3, 0.4) is 0 Å². The van der Waals surface area contributed by atoms with Crippen molar-refractivity contribution in [3.05, 3.63) is 95.8 Å². The van der Waals surface area contributed by atoms with Gasteiger partial charge in [0.2, 0.25) is 12.7 Å². The molecule has 0 bridgehead atoms. The molecule has 2 amide bonds. The summed E-state index contributed by atoms with van der Waals surface area (Å²) in [6, 6.07) is 21.6. The molecule has 4 aromatic rings. The molecule has 1 unspecified atom stereocenters. The Kier molecular flexibility index (Phi) is 6.78. The number of nitrogens with zero attached hydrogens (tertiary/aromatic N) is 3. The monoisotopic (exact) mass is 553 g/mol. The summed E-state index contributed by atoms with van der Waals surface area (Å²) in [7, 11) is 3.22. The highest BCUT2D eigenvalue weighted by Crippen LogP contribution is 2.45. The zero-order chi connectivity index (χ0) is 28.7. The number of carbonyl (C=O) groups excluding carboxylic acids is 2. The maximum Gasteiger partial charge on any atom is 0.254 e. The van der Waals surface area contributed by atoms with Crippen LogP contribution in [0, 0.1) is 0 Å². The van der Waals surface area contributed by atoms with Crippen molar-refractivity contribution in [2.75, 3.05) is 32.5 Å². The van der Waals surface area contributed by atoms with Crippen molar-refractivity contribution in [3.8, 4) is 28.7 Å². The van der Waals surface area contributed by atoms with Crippen molar-refractivity contribution in [2.24, 2.45) is 0 Å². The largest absolute Gasteiger partial charge is 0.497 e. The number of benzene rings is 3. The predicted octanol–water partition coefficient (Wildman–Crippen LogP) is 5.21. The first kappa shape index (κ1) is 26.3. The topological polar surface area (TPSA) is 82.5 Å². The van der Waals surface area contributed by atoms with Crippen LogP contribution in [0.4, 0.5) is 5.69 Å². The Morgan fingerprint density at radius 2 is 1.71 bits per heavy atom. The molecule has 0 saturated carbocycles. The number of rotatable bonds is 7. The Morgan fingerprint density at radius 1 is 0.927 bits per heavy atom. The van der Waals surface area contributed by atoms with Gasteiger partial charge in [-0.25, -0.2) is 0 Å². The van der Waals surface area contributed by atoms with E-state index in [4.69, 9.17) is 18.9 Å². The standard InChI is InChI=1S/C32H31N3O6/c1-20(2)34(32(37)21-11-13-28-29(16-21)41-19-40-28)18-30(36)35-25-9-6-5-8-24(25)33-15-7-10-26(33)31(35)23-17-22(38-3)12-14-27(23)39-4/h5-17,20,31H,18-19H2,1-4H3. The van der Waals surface area contributed by atoms with Gasteiger partial charge < -0.3 is 28.4 Å². The molecule has 6 rings (SSSR count). The lowest BCUT2D eigenvalue weighted by atomic mass is 9.96. The fraction of sp³-hybridized carbons (Fsp3) is 0.250. The van der Waals surface area contributed by atoms with Gasteiger partial charge in [0.25, 0.3) is 5.91 Å². The van der Waals surface area contributed by atoms with Gasteiger partial charge in [-0.15, -0.1) is 0 Å². The van der Waals surface area contributed by atoms with E-state index in [9.17, 15) is 9.59 Å². The Balaban J connectivity index is 1.43. The predicted molar refractivity (Wildman–Crippen MR) is 153 cm³/mol. The molecule has 0 fully saturated rings. The highest BCUT2D eigenvalue weighted by molar-refractivity contribution is 6.03. The minimum atomic E-state index is -0.535. The molecule has 1 aromatic heterocycles. The van der Waals surface area contributed by atoms with Crippen LogP contribution in [0.15, 0.2) is 79.0 Å². The first-order valence-corrected chi connectivity index (χ1v) is 13.4. The van der Waals surface area contributed by atoms with E-state index in [1.54, 1.807) is 42.2 Å². The third-order valence-electron chi connectivity index (χ3n) is 7.53. The van der Waals surface area contributed by atoms with Crippen molar-refractivity contribution in [3.63, 3.8) is 0 Å². The van der Waals surface area contributed by atoms with Crippen molar-refractivity contribution in [2.45, 2.75) is 25.9 Å². The Hall–Kier alpha value is -4.92. The quantitative estimate of drug-likeness (QED) is 0.313. The Bertz CT molecular complexity index is 1630. The summed E-state index contributed by atoms with van der Waals surface area (Å²) < 4.78 is 24.3. The number of hydrogen-bond acceptors (Lipinski definition) is 6. The van der Waals surface area contributed by atoms with Gasteiger partial charge in [-0.2, -0.15) is 0 Å². The van der Waals surface area contributed by atoms with Crippen LogP contribution in [-0.4, -0.2) is 54.9 Å². The van der Waals surface area contributed by atoms with E-state index < -0.39 is 6.04 Å². The molecule has 1 atom stereocenters. The van der Waals surface area contributed by atoms with Crippen LogP contribution in [-0.2, 0) is 4.79 Å². The van der Waals surface area contributed by atoms with Gasteiger partial charge in [0, 0.05) is 23.4 Å². The summed E-state index contributed by atoms with van der Waals surface area (Å²) in [5.74, 6) is 1.88. The van der Waals surface area contributed by atoms with E-state index in [2.05, 4.69) is 4.57 Å². The number of hydrogen-bond donors (Lipinski definition) is 0. The lowest BCUT2D eigenvalue weighted by Crippen LogP contribution is -2.48. The highest BCUT2D eigenvalue weighted by atomic mass is 16.7. The average molecular weight is 554 g/mol. The van der Waals surface area contributed by atoms with Crippen LogP contribution in [0.25, 0.3) is 5.69 Å². The number of methoxy groups -OCH3 is 2. The average Bonchev–Trinajstić information content (AvgIpc) is 3.68. The van der Waals surface area contributed by atoms with E-state index in [0.717, 1.165) is 22.6 Å². The number of carbonyl (C=O) groups is 2. The molecular weight excluding hydrogens is 522 g/mol. The first-order valence-electron chi connectivity index (χ1n) is 13.4. The second kappa shape index (κ2) is 10.6. The van der Waals surface area contributed by atoms with Gasteiger partial charge >= 0.3 is 0 Å². The van der Waals surface area contributed by atoms with Crippen molar-refractivity contribution in [1.29, 1.82) is 0 Å².